The molecule has 5 heteroatoms. The van der Waals surface area contributed by atoms with Gasteiger partial charge in [0, 0.05) is 12.5 Å². The Bertz CT molecular complexity index is 370. The summed E-state index contributed by atoms with van der Waals surface area (Å²) in [4.78, 5) is 4.48. The molecular formula is C13H23N3O2. The first-order valence-electron chi connectivity index (χ1n) is 6.84. The van der Waals surface area contributed by atoms with Crippen molar-refractivity contribution in [3.63, 3.8) is 0 Å². The Balaban J connectivity index is 2.04. The first-order chi connectivity index (χ1) is 8.63. The molecule has 0 spiro atoms. The maximum absolute atomic E-state index is 6.16. The number of aromatic nitrogens is 2. The topological polar surface area (TPSA) is 74.2 Å². The highest BCUT2D eigenvalue weighted by Crippen LogP contribution is 2.32. The van der Waals surface area contributed by atoms with Gasteiger partial charge in [0.1, 0.15) is 5.54 Å². The fraction of sp³-hybridized carbons (Fsp3) is 0.846. The van der Waals surface area contributed by atoms with Crippen LogP contribution in [0.5, 0.6) is 0 Å². The van der Waals surface area contributed by atoms with E-state index in [4.69, 9.17) is 15.0 Å². The third-order valence-corrected chi connectivity index (χ3v) is 3.51. The number of ether oxygens (including phenoxy) is 1. The van der Waals surface area contributed by atoms with E-state index in [1.54, 1.807) is 0 Å². The van der Waals surface area contributed by atoms with E-state index in [9.17, 15) is 0 Å². The smallest absolute Gasteiger partial charge is 0.229 e. The molecule has 0 aliphatic heterocycles. The SMILES string of the molecule is CCOCC(C)(N)c1noc(C2CCCCC2)n1. The van der Waals surface area contributed by atoms with Crippen LogP contribution in [0.1, 0.15) is 63.6 Å². The van der Waals surface area contributed by atoms with Crippen molar-refractivity contribution >= 4 is 0 Å². The van der Waals surface area contributed by atoms with Crippen molar-refractivity contribution in [2.75, 3.05) is 13.2 Å². The number of hydrogen-bond acceptors (Lipinski definition) is 5. The molecule has 0 radical (unpaired) electrons. The minimum absolute atomic E-state index is 0.410. The monoisotopic (exact) mass is 253 g/mol. The van der Waals surface area contributed by atoms with Gasteiger partial charge in [-0.25, -0.2) is 0 Å². The van der Waals surface area contributed by atoms with Crippen LogP contribution in [0.4, 0.5) is 0 Å². The largest absolute Gasteiger partial charge is 0.379 e. The third-order valence-electron chi connectivity index (χ3n) is 3.51. The molecule has 1 saturated carbocycles. The molecule has 18 heavy (non-hydrogen) atoms. The molecule has 5 nitrogen and oxygen atoms in total. The molecule has 1 aromatic heterocycles. The van der Waals surface area contributed by atoms with Crippen LogP contribution in [-0.2, 0) is 10.3 Å². The van der Waals surface area contributed by atoms with Gasteiger partial charge in [0.05, 0.1) is 6.61 Å². The minimum Gasteiger partial charge on any atom is -0.379 e. The van der Waals surface area contributed by atoms with Gasteiger partial charge < -0.3 is 15.0 Å². The molecule has 0 bridgehead atoms. The molecule has 1 unspecified atom stereocenters. The van der Waals surface area contributed by atoms with Gasteiger partial charge in [-0.1, -0.05) is 24.4 Å². The molecule has 0 amide bonds. The lowest BCUT2D eigenvalue weighted by Crippen LogP contribution is -2.39. The van der Waals surface area contributed by atoms with Gasteiger partial charge in [0.15, 0.2) is 5.82 Å². The molecule has 102 valence electrons. The van der Waals surface area contributed by atoms with Crippen LogP contribution in [0.25, 0.3) is 0 Å². The summed E-state index contributed by atoms with van der Waals surface area (Å²) in [5, 5.41) is 4.02. The second kappa shape index (κ2) is 5.80. The summed E-state index contributed by atoms with van der Waals surface area (Å²) in [6, 6.07) is 0. The zero-order valence-corrected chi connectivity index (χ0v) is 11.3. The lowest BCUT2D eigenvalue weighted by Gasteiger charge is -2.20. The van der Waals surface area contributed by atoms with E-state index in [0.29, 0.717) is 25.0 Å². The van der Waals surface area contributed by atoms with E-state index < -0.39 is 5.54 Å². The highest BCUT2D eigenvalue weighted by Gasteiger charge is 2.30. The Kier molecular flexibility index (Phi) is 4.35. The second-order valence-corrected chi connectivity index (χ2v) is 5.35. The highest BCUT2D eigenvalue weighted by molar-refractivity contribution is 5.04. The van der Waals surface area contributed by atoms with Crippen LogP contribution in [0.3, 0.4) is 0 Å². The summed E-state index contributed by atoms with van der Waals surface area (Å²) in [6.07, 6.45) is 6.11. The number of rotatable bonds is 5. The van der Waals surface area contributed by atoms with Crippen molar-refractivity contribution in [1.82, 2.24) is 10.1 Å². The number of nitrogens with two attached hydrogens (primary N) is 1. The van der Waals surface area contributed by atoms with E-state index in [1.807, 2.05) is 13.8 Å². The first-order valence-corrected chi connectivity index (χ1v) is 6.84. The average molecular weight is 253 g/mol. The predicted octanol–water partition coefficient (Wildman–Crippen LogP) is 2.33. The molecule has 2 N–H and O–H groups in total. The Morgan fingerprint density at radius 2 is 2.11 bits per heavy atom. The molecule has 0 aromatic carbocycles. The molecular weight excluding hydrogens is 230 g/mol. The van der Waals surface area contributed by atoms with Crippen molar-refractivity contribution < 1.29 is 9.26 Å². The second-order valence-electron chi connectivity index (χ2n) is 5.35. The van der Waals surface area contributed by atoms with E-state index in [-0.39, 0.29) is 0 Å². The Morgan fingerprint density at radius 1 is 1.39 bits per heavy atom. The molecule has 1 heterocycles. The van der Waals surface area contributed by atoms with E-state index >= 15 is 0 Å². The molecule has 0 saturated heterocycles. The Hall–Kier alpha value is -0.940. The van der Waals surface area contributed by atoms with Gasteiger partial charge >= 0.3 is 0 Å². The third kappa shape index (κ3) is 3.09. The van der Waals surface area contributed by atoms with Gasteiger partial charge in [0.25, 0.3) is 0 Å². The number of hydrogen-bond donors (Lipinski definition) is 1. The minimum atomic E-state index is -0.674. The summed E-state index contributed by atoms with van der Waals surface area (Å²) in [5.74, 6) is 1.72. The van der Waals surface area contributed by atoms with Crippen LogP contribution in [0.15, 0.2) is 4.52 Å². The van der Waals surface area contributed by atoms with Crippen molar-refractivity contribution in [1.29, 1.82) is 0 Å². The molecule has 1 fully saturated rings. The summed E-state index contributed by atoms with van der Waals surface area (Å²) in [7, 11) is 0. The summed E-state index contributed by atoms with van der Waals surface area (Å²) >= 11 is 0. The van der Waals surface area contributed by atoms with Crippen LogP contribution in [0, 0.1) is 0 Å². The van der Waals surface area contributed by atoms with E-state index in [2.05, 4.69) is 10.1 Å². The van der Waals surface area contributed by atoms with Gasteiger partial charge in [0.2, 0.25) is 5.89 Å². The highest BCUT2D eigenvalue weighted by atomic mass is 16.5. The quantitative estimate of drug-likeness (QED) is 0.871. The Morgan fingerprint density at radius 3 is 2.78 bits per heavy atom. The predicted molar refractivity (Wildman–Crippen MR) is 68.2 cm³/mol. The maximum Gasteiger partial charge on any atom is 0.229 e. The molecule has 1 aliphatic rings. The van der Waals surface area contributed by atoms with E-state index in [0.717, 1.165) is 18.7 Å². The molecule has 2 rings (SSSR count). The summed E-state index contributed by atoms with van der Waals surface area (Å²) in [5.41, 5.74) is 5.48. The van der Waals surface area contributed by atoms with Crippen molar-refractivity contribution in [3.8, 4) is 0 Å². The van der Waals surface area contributed by atoms with Gasteiger partial charge in [-0.2, -0.15) is 4.98 Å². The van der Waals surface area contributed by atoms with Crippen LogP contribution < -0.4 is 5.73 Å². The lowest BCUT2D eigenvalue weighted by atomic mass is 9.89. The fourth-order valence-electron chi connectivity index (χ4n) is 2.36. The summed E-state index contributed by atoms with van der Waals surface area (Å²) in [6.45, 7) is 4.87. The van der Waals surface area contributed by atoms with Crippen LogP contribution in [0.2, 0.25) is 0 Å². The van der Waals surface area contributed by atoms with Crippen molar-refractivity contribution in [3.05, 3.63) is 11.7 Å². The lowest BCUT2D eigenvalue weighted by molar-refractivity contribution is 0.0962. The zero-order chi connectivity index (χ0) is 13.0. The van der Waals surface area contributed by atoms with E-state index in [1.165, 1.54) is 19.3 Å². The molecule has 1 aromatic rings. The van der Waals surface area contributed by atoms with Crippen molar-refractivity contribution in [2.24, 2.45) is 5.73 Å². The molecule has 1 atom stereocenters. The fourth-order valence-corrected chi connectivity index (χ4v) is 2.36. The van der Waals surface area contributed by atoms with Gasteiger partial charge in [-0.3, -0.25) is 0 Å². The first kappa shape index (κ1) is 13.5. The van der Waals surface area contributed by atoms with Crippen LogP contribution >= 0.6 is 0 Å². The van der Waals surface area contributed by atoms with Gasteiger partial charge in [-0.15, -0.1) is 0 Å². The standard InChI is InChI=1S/C13H23N3O2/c1-3-17-9-13(2,14)12-15-11(18-16-12)10-7-5-4-6-8-10/h10H,3-9,14H2,1-2H3. The number of nitrogens with zero attached hydrogens (tertiary/aromatic N) is 2. The molecule has 1 aliphatic carbocycles. The normalized spacial score (nSPS) is 20.8. The summed E-state index contributed by atoms with van der Waals surface area (Å²) < 4.78 is 10.7. The van der Waals surface area contributed by atoms with Gasteiger partial charge in [-0.05, 0) is 26.7 Å². The van der Waals surface area contributed by atoms with Crippen LogP contribution in [-0.4, -0.2) is 23.4 Å². The maximum atomic E-state index is 6.16. The van der Waals surface area contributed by atoms with Crippen molar-refractivity contribution in [2.45, 2.75) is 57.4 Å². The Labute approximate surface area is 108 Å². The zero-order valence-electron chi connectivity index (χ0n) is 11.3. The average Bonchev–Trinajstić information content (AvgIpc) is 2.88.